The van der Waals surface area contributed by atoms with Crippen molar-refractivity contribution in [3.8, 4) is 5.75 Å². The molecule has 7 heteroatoms. The van der Waals surface area contributed by atoms with Gasteiger partial charge in [-0.25, -0.2) is 9.97 Å². The Bertz CT molecular complexity index is 717. The lowest BCUT2D eigenvalue weighted by Gasteiger charge is -2.11. The van der Waals surface area contributed by atoms with Crippen molar-refractivity contribution in [2.45, 2.75) is 12.8 Å². The molecule has 1 amide bonds. The smallest absolute Gasteiger partial charge is 0.274 e. The van der Waals surface area contributed by atoms with E-state index in [2.05, 4.69) is 37.7 Å². The summed E-state index contributed by atoms with van der Waals surface area (Å²) in [5, 5.41) is 5.87. The molecule has 3 heterocycles. The summed E-state index contributed by atoms with van der Waals surface area (Å²) in [5.74, 6) is 0.689. The van der Waals surface area contributed by atoms with Crippen LogP contribution in [0.1, 0.15) is 23.3 Å². The second-order valence-electron chi connectivity index (χ2n) is 4.92. The average molecular weight is 311 g/mol. The zero-order valence-corrected chi connectivity index (χ0v) is 12.5. The van der Waals surface area contributed by atoms with Gasteiger partial charge in [-0.2, -0.15) is 0 Å². The largest absolute Gasteiger partial charge is 0.491 e. The van der Waals surface area contributed by atoms with Crippen LogP contribution in [0.3, 0.4) is 0 Å². The highest BCUT2D eigenvalue weighted by Crippen LogP contribution is 2.23. The van der Waals surface area contributed by atoms with Crippen LogP contribution in [0.25, 0.3) is 0 Å². The quantitative estimate of drug-likeness (QED) is 0.726. The lowest BCUT2D eigenvalue weighted by molar-refractivity contribution is 0.102. The summed E-state index contributed by atoms with van der Waals surface area (Å²) in [7, 11) is 0. The maximum Gasteiger partial charge on any atom is 0.274 e. The number of hydrogen-bond acceptors (Lipinski definition) is 6. The van der Waals surface area contributed by atoms with E-state index in [-0.39, 0.29) is 11.6 Å². The number of anilines is 2. The molecule has 2 N–H and O–H groups in total. The number of aromatic nitrogens is 3. The average Bonchev–Trinajstić information content (AvgIpc) is 2.58. The van der Waals surface area contributed by atoms with Crippen LogP contribution in [0.4, 0.5) is 11.6 Å². The van der Waals surface area contributed by atoms with E-state index in [9.17, 15) is 4.79 Å². The highest BCUT2D eigenvalue weighted by Gasteiger charge is 2.12. The molecule has 2 bridgehead atoms. The van der Waals surface area contributed by atoms with E-state index in [0.29, 0.717) is 30.5 Å². The van der Waals surface area contributed by atoms with Crippen molar-refractivity contribution in [2.75, 3.05) is 23.8 Å². The number of amides is 1. The molecule has 0 unspecified atom stereocenters. The van der Waals surface area contributed by atoms with E-state index >= 15 is 0 Å². The Labute approximate surface area is 133 Å². The van der Waals surface area contributed by atoms with E-state index in [1.165, 1.54) is 0 Å². The monoisotopic (exact) mass is 311 g/mol. The number of carbonyl (C=O) groups is 1. The first-order valence-electron chi connectivity index (χ1n) is 7.43. The van der Waals surface area contributed by atoms with Gasteiger partial charge in [-0.15, -0.1) is 0 Å². The Morgan fingerprint density at radius 3 is 3.00 bits per heavy atom. The molecule has 23 heavy (non-hydrogen) atoms. The Kier molecular flexibility index (Phi) is 4.78. The molecular formula is C16H17N5O2. The topological polar surface area (TPSA) is 89.0 Å². The molecule has 118 valence electrons. The number of fused-ring (bicyclic) bond motifs is 3. The van der Waals surface area contributed by atoms with Gasteiger partial charge in [-0.05, 0) is 18.9 Å². The summed E-state index contributed by atoms with van der Waals surface area (Å²) in [6.07, 6.45) is 10.5. The summed E-state index contributed by atoms with van der Waals surface area (Å²) < 4.78 is 5.71. The molecule has 7 nitrogen and oxygen atoms in total. The van der Waals surface area contributed by atoms with Gasteiger partial charge in [0.1, 0.15) is 17.1 Å². The second kappa shape index (κ2) is 7.35. The molecule has 0 saturated heterocycles. The first-order valence-corrected chi connectivity index (χ1v) is 7.43. The normalized spacial score (nSPS) is 16.6. The molecule has 0 saturated carbocycles. The molecule has 0 fully saturated rings. The van der Waals surface area contributed by atoms with E-state index in [1.54, 1.807) is 30.7 Å². The van der Waals surface area contributed by atoms with Gasteiger partial charge in [0.15, 0.2) is 0 Å². The Balaban J connectivity index is 1.88. The fourth-order valence-electron chi connectivity index (χ4n) is 2.10. The van der Waals surface area contributed by atoms with E-state index in [1.807, 2.05) is 0 Å². The van der Waals surface area contributed by atoms with E-state index in [4.69, 9.17) is 4.74 Å². The van der Waals surface area contributed by atoms with E-state index < -0.39 is 0 Å². The summed E-state index contributed by atoms with van der Waals surface area (Å²) in [6.45, 7) is 1.23. The summed E-state index contributed by atoms with van der Waals surface area (Å²) in [5.41, 5.74) is 0.798. The van der Waals surface area contributed by atoms with Crippen molar-refractivity contribution < 1.29 is 9.53 Å². The van der Waals surface area contributed by atoms with Gasteiger partial charge >= 0.3 is 0 Å². The molecule has 0 spiro atoms. The molecule has 1 aliphatic heterocycles. The Morgan fingerprint density at radius 2 is 2.04 bits per heavy atom. The Morgan fingerprint density at radius 1 is 1.13 bits per heavy atom. The zero-order chi connectivity index (χ0) is 15.9. The van der Waals surface area contributed by atoms with Crippen LogP contribution in [-0.4, -0.2) is 34.0 Å². The fourth-order valence-corrected chi connectivity index (χ4v) is 2.10. The van der Waals surface area contributed by atoms with Gasteiger partial charge in [0.05, 0.1) is 12.8 Å². The third-order valence-electron chi connectivity index (χ3n) is 3.22. The van der Waals surface area contributed by atoms with Crippen molar-refractivity contribution in [1.29, 1.82) is 0 Å². The van der Waals surface area contributed by atoms with Crippen LogP contribution in [0, 0.1) is 0 Å². The summed E-state index contributed by atoms with van der Waals surface area (Å²) in [6, 6.07) is 3.29. The van der Waals surface area contributed by atoms with Crippen LogP contribution >= 0.6 is 0 Å². The van der Waals surface area contributed by atoms with Crippen LogP contribution < -0.4 is 15.4 Å². The fraction of sp³-hybridized carbons (Fsp3) is 0.250. The van der Waals surface area contributed by atoms with Crippen LogP contribution in [0.2, 0.25) is 0 Å². The van der Waals surface area contributed by atoms with Crippen molar-refractivity contribution >= 4 is 17.5 Å². The lowest BCUT2D eigenvalue weighted by Crippen LogP contribution is -2.16. The zero-order valence-electron chi connectivity index (χ0n) is 12.5. The third-order valence-corrected chi connectivity index (χ3v) is 3.22. The molecule has 0 atom stereocenters. The third kappa shape index (κ3) is 4.03. The van der Waals surface area contributed by atoms with Gasteiger partial charge in [0.2, 0.25) is 5.95 Å². The first kappa shape index (κ1) is 15.0. The van der Waals surface area contributed by atoms with Crippen LogP contribution in [-0.2, 0) is 0 Å². The highest BCUT2D eigenvalue weighted by atomic mass is 16.5. The number of nitrogens with zero attached hydrogens (tertiary/aromatic N) is 3. The summed E-state index contributed by atoms with van der Waals surface area (Å²) >= 11 is 0. The standard InChI is InChI=1S/C16H17N5O2/c22-15-12-5-9-19-16(21-12)18-7-3-1-2-4-10-23-14-6-8-17-11-13(14)20-15/h1-2,5-6,8-9,11H,3-4,7,10H2,(H,20,22)(H,18,19,21)/b2-1+. The Hall–Kier alpha value is -2.96. The molecule has 2 aromatic heterocycles. The van der Waals surface area contributed by atoms with Gasteiger partial charge < -0.3 is 15.4 Å². The maximum atomic E-state index is 12.4. The molecule has 3 rings (SSSR count). The van der Waals surface area contributed by atoms with Crippen molar-refractivity contribution in [2.24, 2.45) is 0 Å². The highest BCUT2D eigenvalue weighted by molar-refractivity contribution is 6.03. The van der Waals surface area contributed by atoms with Gasteiger partial charge in [0.25, 0.3) is 5.91 Å². The molecule has 2 aromatic rings. The van der Waals surface area contributed by atoms with Crippen molar-refractivity contribution in [3.63, 3.8) is 0 Å². The van der Waals surface area contributed by atoms with Gasteiger partial charge in [-0.1, -0.05) is 12.2 Å². The molecule has 0 aromatic carbocycles. The molecule has 1 aliphatic rings. The second-order valence-corrected chi connectivity index (χ2v) is 4.92. The predicted molar refractivity (Wildman–Crippen MR) is 86.6 cm³/mol. The first-order chi connectivity index (χ1) is 11.3. The minimum atomic E-state index is -0.332. The number of pyridine rings is 1. The molecule has 0 aliphatic carbocycles. The predicted octanol–water partition coefficient (Wildman–Crippen LogP) is 2.26. The number of nitrogens with one attached hydrogen (secondary N) is 2. The maximum absolute atomic E-state index is 12.4. The lowest BCUT2D eigenvalue weighted by atomic mass is 10.3. The minimum Gasteiger partial charge on any atom is -0.491 e. The minimum absolute atomic E-state index is 0.280. The van der Waals surface area contributed by atoms with Crippen LogP contribution in [0.5, 0.6) is 5.75 Å². The number of carbonyl (C=O) groups excluding carboxylic acids is 1. The number of rotatable bonds is 0. The van der Waals surface area contributed by atoms with Crippen molar-refractivity contribution in [1.82, 2.24) is 15.0 Å². The molecular weight excluding hydrogens is 294 g/mol. The van der Waals surface area contributed by atoms with Gasteiger partial charge in [0, 0.05) is 25.0 Å². The summed E-state index contributed by atoms with van der Waals surface area (Å²) in [4.78, 5) is 24.7. The molecule has 0 radical (unpaired) electrons. The van der Waals surface area contributed by atoms with Gasteiger partial charge in [-0.3, -0.25) is 9.78 Å². The number of ether oxygens (including phenoxy) is 1. The SMILES string of the molecule is O=C1Nc2cnccc2OCC/C=C/CCNc2nccc1n2. The number of hydrogen-bond donors (Lipinski definition) is 2. The van der Waals surface area contributed by atoms with Crippen LogP contribution in [0.15, 0.2) is 42.9 Å². The van der Waals surface area contributed by atoms with E-state index in [0.717, 1.165) is 12.8 Å². The van der Waals surface area contributed by atoms with Crippen molar-refractivity contribution in [3.05, 3.63) is 48.6 Å².